The van der Waals surface area contributed by atoms with E-state index in [9.17, 15) is 4.79 Å². The van der Waals surface area contributed by atoms with Crippen molar-refractivity contribution >= 4 is 5.78 Å². The van der Waals surface area contributed by atoms with Crippen molar-refractivity contribution in [2.75, 3.05) is 6.61 Å². The van der Waals surface area contributed by atoms with Crippen LogP contribution in [0.1, 0.15) is 21.7 Å². The van der Waals surface area contributed by atoms with Gasteiger partial charge in [-0.3, -0.25) is 14.5 Å². The lowest BCUT2D eigenvalue weighted by molar-refractivity contribution is 0.0895. The Morgan fingerprint density at radius 1 is 1.39 bits per heavy atom. The van der Waals surface area contributed by atoms with Crippen LogP contribution >= 0.6 is 0 Å². The fourth-order valence-corrected chi connectivity index (χ4v) is 2.01. The number of ketones is 1. The summed E-state index contributed by atoms with van der Waals surface area (Å²) in [4.78, 5) is 16.1. The van der Waals surface area contributed by atoms with Gasteiger partial charge in [-0.25, -0.2) is 0 Å². The molecule has 0 spiro atoms. The predicted octanol–water partition coefficient (Wildman–Crippen LogP) is 1.27. The molecule has 2 aromatic rings. The number of aliphatic hydroxyl groups is 1. The standard InChI is InChI=1S/C13H15N3O2/c1-8-4-9(2)15-11(5-8)10-6-14-16(3)13(10)12(18)7-17/h4-6,17H,7H2,1-3H3. The van der Waals surface area contributed by atoms with E-state index in [2.05, 4.69) is 10.1 Å². The maximum Gasteiger partial charge on any atom is 0.206 e. The molecular weight excluding hydrogens is 230 g/mol. The van der Waals surface area contributed by atoms with Gasteiger partial charge in [0.15, 0.2) is 0 Å². The summed E-state index contributed by atoms with van der Waals surface area (Å²) in [7, 11) is 1.68. The zero-order valence-electron chi connectivity index (χ0n) is 10.6. The summed E-state index contributed by atoms with van der Waals surface area (Å²) >= 11 is 0. The van der Waals surface area contributed by atoms with E-state index in [-0.39, 0.29) is 5.78 Å². The molecule has 0 bridgehead atoms. The molecule has 0 atom stereocenters. The van der Waals surface area contributed by atoms with Crippen molar-refractivity contribution in [3.8, 4) is 11.3 Å². The molecule has 0 saturated carbocycles. The number of Topliss-reactive ketones (excluding diaryl/α,β-unsaturated/α-hetero) is 1. The van der Waals surface area contributed by atoms with Crippen LogP contribution in [0.2, 0.25) is 0 Å². The normalized spacial score (nSPS) is 10.7. The molecule has 0 fully saturated rings. The zero-order chi connectivity index (χ0) is 13.3. The van der Waals surface area contributed by atoms with Crippen LogP contribution in [0.4, 0.5) is 0 Å². The van der Waals surface area contributed by atoms with Gasteiger partial charge in [0.05, 0.1) is 11.9 Å². The van der Waals surface area contributed by atoms with Gasteiger partial charge in [-0.1, -0.05) is 0 Å². The third-order valence-electron chi connectivity index (χ3n) is 2.72. The van der Waals surface area contributed by atoms with E-state index in [1.807, 2.05) is 26.0 Å². The molecule has 2 rings (SSSR count). The van der Waals surface area contributed by atoms with Gasteiger partial charge in [0.25, 0.3) is 0 Å². The van der Waals surface area contributed by atoms with Crippen LogP contribution in [-0.4, -0.2) is 32.3 Å². The number of aryl methyl sites for hydroxylation is 3. The first-order chi connectivity index (χ1) is 8.52. The molecule has 0 saturated heterocycles. The maximum absolute atomic E-state index is 11.7. The van der Waals surface area contributed by atoms with Crippen LogP contribution in [0.5, 0.6) is 0 Å². The Labute approximate surface area is 105 Å². The van der Waals surface area contributed by atoms with Gasteiger partial charge in [0.2, 0.25) is 5.78 Å². The Morgan fingerprint density at radius 3 is 2.72 bits per heavy atom. The summed E-state index contributed by atoms with van der Waals surface area (Å²) in [6.07, 6.45) is 1.60. The second-order valence-corrected chi connectivity index (χ2v) is 4.28. The van der Waals surface area contributed by atoms with Crippen molar-refractivity contribution in [2.45, 2.75) is 13.8 Å². The molecule has 0 aliphatic heterocycles. The number of hydrogen-bond acceptors (Lipinski definition) is 4. The number of rotatable bonds is 3. The fraction of sp³-hybridized carbons (Fsp3) is 0.308. The molecule has 2 aromatic heterocycles. The number of nitrogens with zero attached hydrogens (tertiary/aromatic N) is 3. The van der Waals surface area contributed by atoms with E-state index >= 15 is 0 Å². The van der Waals surface area contributed by atoms with Gasteiger partial charge >= 0.3 is 0 Å². The van der Waals surface area contributed by atoms with Crippen LogP contribution in [0.15, 0.2) is 18.3 Å². The van der Waals surface area contributed by atoms with Crippen molar-refractivity contribution in [1.29, 1.82) is 0 Å². The minimum Gasteiger partial charge on any atom is -0.388 e. The molecule has 5 nitrogen and oxygen atoms in total. The fourth-order valence-electron chi connectivity index (χ4n) is 2.01. The zero-order valence-corrected chi connectivity index (χ0v) is 10.6. The molecule has 0 aromatic carbocycles. The van der Waals surface area contributed by atoms with Gasteiger partial charge in [0.1, 0.15) is 12.3 Å². The number of carbonyl (C=O) groups is 1. The molecule has 0 aliphatic rings. The number of aromatic nitrogens is 3. The van der Waals surface area contributed by atoms with E-state index < -0.39 is 6.61 Å². The Bertz CT molecular complexity index is 582. The van der Waals surface area contributed by atoms with E-state index in [4.69, 9.17) is 5.11 Å². The van der Waals surface area contributed by atoms with E-state index in [1.54, 1.807) is 13.2 Å². The molecule has 94 valence electrons. The van der Waals surface area contributed by atoms with Crippen LogP contribution in [0.25, 0.3) is 11.3 Å². The number of carbonyl (C=O) groups excluding carboxylic acids is 1. The summed E-state index contributed by atoms with van der Waals surface area (Å²) < 4.78 is 1.47. The molecule has 5 heteroatoms. The third kappa shape index (κ3) is 2.17. The first-order valence-corrected chi connectivity index (χ1v) is 5.64. The van der Waals surface area contributed by atoms with Crippen molar-refractivity contribution < 1.29 is 9.90 Å². The molecule has 0 amide bonds. The van der Waals surface area contributed by atoms with E-state index in [0.717, 1.165) is 11.3 Å². The summed E-state index contributed by atoms with van der Waals surface area (Å²) in [5.74, 6) is -0.356. The lowest BCUT2D eigenvalue weighted by Crippen LogP contribution is -2.12. The topological polar surface area (TPSA) is 68.0 Å². The van der Waals surface area contributed by atoms with Gasteiger partial charge in [-0.2, -0.15) is 5.10 Å². The van der Waals surface area contributed by atoms with Gasteiger partial charge in [-0.15, -0.1) is 0 Å². The van der Waals surface area contributed by atoms with Crippen LogP contribution in [-0.2, 0) is 7.05 Å². The smallest absolute Gasteiger partial charge is 0.206 e. The second kappa shape index (κ2) is 4.70. The molecule has 1 N–H and O–H groups in total. The first-order valence-electron chi connectivity index (χ1n) is 5.64. The van der Waals surface area contributed by atoms with Gasteiger partial charge in [-0.05, 0) is 31.5 Å². The molecular formula is C13H15N3O2. The molecule has 2 heterocycles. The highest BCUT2D eigenvalue weighted by Crippen LogP contribution is 2.23. The number of hydrogen-bond donors (Lipinski definition) is 1. The highest BCUT2D eigenvalue weighted by atomic mass is 16.3. The Balaban J connectivity index is 2.61. The number of pyridine rings is 1. The maximum atomic E-state index is 11.7. The quantitative estimate of drug-likeness (QED) is 0.827. The van der Waals surface area contributed by atoms with Crippen molar-refractivity contribution in [3.63, 3.8) is 0 Å². The average Bonchev–Trinajstić information content (AvgIpc) is 2.69. The summed E-state index contributed by atoms with van der Waals surface area (Å²) in [5, 5.41) is 13.1. The minimum absolute atomic E-state index is 0.356. The predicted molar refractivity (Wildman–Crippen MR) is 67.3 cm³/mol. The Morgan fingerprint density at radius 2 is 2.11 bits per heavy atom. The van der Waals surface area contributed by atoms with Crippen LogP contribution in [0, 0.1) is 13.8 Å². The summed E-state index contributed by atoms with van der Waals surface area (Å²) in [5.41, 5.74) is 3.70. The third-order valence-corrected chi connectivity index (χ3v) is 2.72. The van der Waals surface area contributed by atoms with Gasteiger partial charge in [0, 0.05) is 18.3 Å². The first kappa shape index (κ1) is 12.4. The Kier molecular flexibility index (Phi) is 3.25. The lowest BCUT2D eigenvalue weighted by Gasteiger charge is -2.05. The monoisotopic (exact) mass is 245 g/mol. The summed E-state index contributed by atoms with van der Waals surface area (Å²) in [6.45, 7) is 3.35. The van der Waals surface area contributed by atoms with Crippen molar-refractivity contribution in [2.24, 2.45) is 7.05 Å². The van der Waals surface area contributed by atoms with Crippen molar-refractivity contribution in [3.05, 3.63) is 35.3 Å². The highest BCUT2D eigenvalue weighted by Gasteiger charge is 2.18. The SMILES string of the molecule is Cc1cc(C)nc(-c2cnn(C)c2C(=O)CO)c1. The lowest BCUT2D eigenvalue weighted by atomic mass is 10.1. The largest absolute Gasteiger partial charge is 0.388 e. The molecule has 18 heavy (non-hydrogen) atoms. The van der Waals surface area contributed by atoms with E-state index in [1.165, 1.54) is 4.68 Å². The number of aliphatic hydroxyl groups excluding tert-OH is 1. The second-order valence-electron chi connectivity index (χ2n) is 4.28. The molecule has 0 aliphatic carbocycles. The summed E-state index contributed by atoms with van der Waals surface area (Å²) in [6, 6.07) is 3.87. The van der Waals surface area contributed by atoms with E-state index in [0.29, 0.717) is 17.0 Å². The minimum atomic E-state index is -0.530. The van der Waals surface area contributed by atoms with Crippen molar-refractivity contribution in [1.82, 2.24) is 14.8 Å². The average molecular weight is 245 g/mol. The van der Waals surface area contributed by atoms with Crippen LogP contribution in [0.3, 0.4) is 0 Å². The molecule has 0 radical (unpaired) electrons. The highest BCUT2D eigenvalue weighted by molar-refractivity contribution is 6.01. The van der Waals surface area contributed by atoms with Crippen LogP contribution < -0.4 is 0 Å². The van der Waals surface area contributed by atoms with Gasteiger partial charge < -0.3 is 5.11 Å². The molecule has 0 unspecified atom stereocenters. The Hall–Kier alpha value is -2.01.